The molecular weight excluding hydrogens is 456 g/mol. The van der Waals surface area contributed by atoms with Crippen LogP contribution < -0.4 is 5.32 Å². The van der Waals surface area contributed by atoms with Crippen molar-refractivity contribution in [1.82, 2.24) is 24.7 Å². The van der Waals surface area contributed by atoms with Crippen molar-refractivity contribution in [3.63, 3.8) is 0 Å². The third-order valence-corrected chi connectivity index (χ3v) is 7.55. The smallest absolute Gasteiger partial charge is 0.227 e. The van der Waals surface area contributed by atoms with Crippen LogP contribution in [0.3, 0.4) is 0 Å². The van der Waals surface area contributed by atoms with Crippen molar-refractivity contribution in [1.29, 1.82) is 0 Å². The molecule has 0 unspecified atom stereocenters. The summed E-state index contributed by atoms with van der Waals surface area (Å²) in [5.74, 6) is 0.683. The Labute approximate surface area is 210 Å². The van der Waals surface area contributed by atoms with Crippen LogP contribution in [-0.4, -0.2) is 30.5 Å². The van der Waals surface area contributed by atoms with Crippen LogP contribution in [-0.2, 0) is 18.9 Å². The van der Waals surface area contributed by atoms with Crippen LogP contribution in [0, 0.1) is 20.8 Å². The summed E-state index contributed by atoms with van der Waals surface area (Å²) in [6.45, 7) is 12.4. The summed E-state index contributed by atoms with van der Waals surface area (Å²) in [5.41, 5.74) is 6.98. The summed E-state index contributed by atoms with van der Waals surface area (Å²) >= 11 is 1.51. The van der Waals surface area contributed by atoms with Gasteiger partial charge >= 0.3 is 0 Å². The van der Waals surface area contributed by atoms with Crippen molar-refractivity contribution in [3.05, 3.63) is 69.1 Å². The number of anilines is 2. The number of hydrogen-bond acceptors (Lipinski definition) is 7. The van der Waals surface area contributed by atoms with Gasteiger partial charge in [-0.2, -0.15) is 5.10 Å². The van der Waals surface area contributed by atoms with E-state index in [0.29, 0.717) is 18.8 Å². The standard InChI is InChI=1S/C27H32N6OS/c1-16-14-20(21-12-13-28-26(30-21)31-24-17(2)32-33(7)18(24)3)9-8-19(16)10-11-22(34)23-15-29-25(35-23)27(4,5)6/h8-9,12-15H,10-11H2,1-7H3,(H,28,30,31). The van der Waals surface area contributed by atoms with E-state index in [1.807, 2.05) is 31.6 Å². The van der Waals surface area contributed by atoms with Crippen molar-refractivity contribution < 1.29 is 4.79 Å². The van der Waals surface area contributed by atoms with Crippen molar-refractivity contribution in [2.24, 2.45) is 7.05 Å². The summed E-state index contributed by atoms with van der Waals surface area (Å²) in [5, 5.41) is 8.75. The molecular formula is C27H32N6OS. The molecule has 0 fully saturated rings. The van der Waals surface area contributed by atoms with E-state index in [1.165, 1.54) is 11.3 Å². The van der Waals surface area contributed by atoms with E-state index in [1.54, 1.807) is 12.4 Å². The fourth-order valence-electron chi connectivity index (χ4n) is 3.90. The topological polar surface area (TPSA) is 85.6 Å². The number of nitrogens with one attached hydrogen (secondary N) is 1. The summed E-state index contributed by atoms with van der Waals surface area (Å²) < 4.78 is 1.84. The lowest BCUT2D eigenvalue weighted by atomic mass is 9.98. The number of thiazole rings is 1. The molecule has 182 valence electrons. The Morgan fingerprint density at radius 2 is 1.89 bits per heavy atom. The van der Waals surface area contributed by atoms with E-state index in [2.05, 4.69) is 66.3 Å². The number of rotatable bonds is 7. The number of ketones is 1. The number of carbonyl (C=O) groups excluding carboxylic acids is 1. The largest absolute Gasteiger partial charge is 0.321 e. The highest BCUT2D eigenvalue weighted by Gasteiger charge is 2.20. The van der Waals surface area contributed by atoms with Gasteiger partial charge in [0.25, 0.3) is 0 Å². The average molecular weight is 489 g/mol. The molecule has 0 aliphatic heterocycles. The van der Waals surface area contributed by atoms with Gasteiger partial charge in [0.2, 0.25) is 5.95 Å². The van der Waals surface area contributed by atoms with E-state index < -0.39 is 0 Å². The molecule has 3 heterocycles. The highest BCUT2D eigenvalue weighted by atomic mass is 32.1. The summed E-state index contributed by atoms with van der Waals surface area (Å²) in [4.78, 5) is 27.0. The highest BCUT2D eigenvalue weighted by molar-refractivity contribution is 7.13. The van der Waals surface area contributed by atoms with Gasteiger partial charge in [-0.3, -0.25) is 9.48 Å². The van der Waals surface area contributed by atoms with E-state index >= 15 is 0 Å². The minimum atomic E-state index is -0.0400. The quantitative estimate of drug-likeness (QED) is 0.316. The zero-order valence-corrected chi connectivity index (χ0v) is 22.2. The Balaban J connectivity index is 1.46. The zero-order chi connectivity index (χ0) is 25.3. The van der Waals surface area contributed by atoms with Crippen LogP contribution in [0.15, 0.2) is 36.7 Å². The van der Waals surface area contributed by atoms with E-state index in [9.17, 15) is 4.79 Å². The minimum Gasteiger partial charge on any atom is -0.321 e. The molecule has 0 spiro atoms. The van der Waals surface area contributed by atoms with E-state index in [4.69, 9.17) is 4.98 Å². The van der Waals surface area contributed by atoms with Gasteiger partial charge in [0, 0.05) is 36.8 Å². The normalized spacial score (nSPS) is 11.6. The fourth-order valence-corrected chi connectivity index (χ4v) is 4.84. The summed E-state index contributed by atoms with van der Waals surface area (Å²) in [6, 6.07) is 8.18. The molecule has 35 heavy (non-hydrogen) atoms. The molecule has 0 radical (unpaired) electrons. The van der Waals surface area contributed by atoms with Gasteiger partial charge < -0.3 is 5.32 Å². The molecule has 0 aliphatic carbocycles. The maximum Gasteiger partial charge on any atom is 0.227 e. The second-order valence-corrected chi connectivity index (χ2v) is 10.9. The SMILES string of the molecule is Cc1cc(-c2ccnc(Nc3c(C)nn(C)c3C)n2)ccc1CCC(=O)c1cnc(C(C)(C)C)s1. The third-order valence-electron chi connectivity index (χ3n) is 6.08. The summed E-state index contributed by atoms with van der Waals surface area (Å²) in [6.07, 6.45) is 4.65. The number of Topliss-reactive ketones (excluding diaryl/α,β-unsaturated/α-hetero) is 1. The predicted molar refractivity (Wildman–Crippen MR) is 142 cm³/mol. The third kappa shape index (κ3) is 5.48. The van der Waals surface area contributed by atoms with Gasteiger partial charge in [0.05, 0.1) is 32.7 Å². The lowest BCUT2D eigenvalue weighted by Crippen LogP contribution is -2.09. The first kappa shape index (κ1) is 24.7. The first-order valence-electron chi connectivity index (χ1n) is 11.7. The Hall–Kier alpha value is -3.39. The van der Waals surface area contributed by atoms with Crippen LogP contribution in [0.25, 0.3) is 11.3 Å². The Morgan fingerprint density at radius 3 is 2.51 bits per heavy atom. The number of nitrogens with zero attached hydrogens (tertiary/aromatic N) is 5. The Kier molecular flexibility index (Phi) is 6.85. The zero-order valence-electron chi connectivity index (χ0n) is 21.4. The molecule has 1 aromatic carbocycles. The van der Waals surface area contributed by atoms with Crippen molar-refractivity contribution in [2.45, 2.75) is 59.8 Å². The molecule has 1 N–H and O–H groups in total. The number of benzene rings is 1. The first-order chi connectivity index (χ1) is 16.5. The van der Waals surface area contributed by atoms with Crippen LogP contribution in [0.5, 0.6) is 0 Å². The predicted octanol–water partition coefficient (Wildman–Crippen LogP) is 6.12. The van der Waals surface area contributed by atoms with E-state index in [-0.39, 0.29) is 11.2 Å². The molecule has 0 amide bonds. The molecule has 3 aromatic heterocycles. The van der Waals surface area contributed by atoms with Crippen molar-refractivity contribution in [3.8, 4) is 11.3 Å². The number of aromatic nitrogens is 5. The minimum absolute atomic E-state index is 0.0400. The molecule has 0 saturated carbocycles. The number of aryl methyl sites for hydroxylation is 4. The molecule has 0 saturated heterocycles. The van der Waals surface area contributed by atoms with Gasteiger partial charge in [0.15, 0.2) is 5.78 Å². The number of hydrogen-bond donors (Lipinski definition) is 1. The van der Waals surface area contributed by atoms with Gasteiger partial charge in [-0.1, -0.05) is 32.9 Å². The Morgan fingerprint density at radius 1 is 1.11 bits per heavy atom. The summed E-state index contributed by atoms with van der Waals surface area (Å²) in [7, 11) is 1.92. The van der Waals surface area contributed by atoms with Gasteiger partial charge in [-0.05, 0) is 50.5 Å². The van der Waals surface area contributed by atoms with Crippen LogP contribution in [0.4, 0.5) is 11.6 Å². The molecule has 8 heteroatoms. The molecule has 4 rings (SSSR count). The first-order valence-corrected chi connectivity index (χ1v) is 12.5. The maximum absolute atomic E-state index is 12.7. The van der Waals surface area contributed by atoms with Crippen LogP contribution >= 0.6 is 11.3 Å². The van der Waals surface area contributed by atoms with Crippen molar-refractivity contribution >= 4 is 28.8 Å². The molecule has 0 atom stereocenters. The van der Waals surface area contributed by atoms with Gasteiger partial charge in [-0.25, -0.2) is 15.0 Å². The second-order valence-electron chi connectivity index (χ2n) is 9.90. The maximum atomic E-state index is 12.7. The van der Waals surface area contributed by atoms with Crippen molar-refractivity contribution in [2.75, 3.05) is 5.32 Å². The lowest BCUT2D eigenvalue weighted by molar-refractivity contribution is 0.0986. The van der Waals surface area contributed by atoms with E-state index in [0.717, 1.165) is 49.3 Å². The highest BCUT2D eigenvalue weighted by Crippen LogP contribution is 2.28. The monoisotopic (exact) mass is 488 g/mol. The van der Waals surface area contributed by atoms with Gasteiger partial charge in [0.1, 0.15) is 0 Å². The second kappa shape index (κ2) is 9.70. The number of carbonyl (C=O) groups is 1. The lowest BCUT2D eigenvalue weighted by Gasteiger charge is -2.13. The fraction of sp³-hybridized carbons (Fsp3) is 0.370. The Bertz CT molecular complexity index is 1380. The molecule has 4 aromatic rings. The average Bonchev–Trinajstić information content (AvgIpc) is 3.40. The van der Waals surface area contributed by atoms with Crippen LogP contribution in [0.2, 0.25) is 0 Å². The van der Waals surface area contributed by atoms with Gasteiger partial charge in [-0.15, -0.1) is 11.3 Å². The molecule has 0 aliphatic rings. The molecule has 0 bridgehead atoms. The van der Waals surface area contributed by atoms with Crippen LogP contribution in [0.1, 0.15) is 64.4 Å². The molecule has 7 nitrogen and oxygen atoms in total.